The molecule has 0 spiro atoms. The topological polar surface area (TPSA) is 50.9 Å². The molecule has 1 N–H and O–H groups in total. The van der Waals surface area contributed by atoms with Crippen LogP contribution >= 0.6 is 0 Å². The van der Waals surface area contributed by atoms with Crippen molar-refractivity contribution in [3.05, 3.63) is 12.2 Å². The monoisotopic (exact) mass is 265 g/mol. The van der Waals surface area contributed by atoms with E-state index < -0.39 is 0 Å². The molecule has 1 aliphatic rings. The van der Waals surface area contributed by atoms with Crippen LogP contribution in [0.5, 0.6) is 0 Å². The smallest absolute Gasteiger partial charge is 0.138 e. The third-order valence-corrected chi connectivity index (χ3v) is 4.22. The van der Waals surface area contributed by atoms with Crippen LogP contribution in [0, 0.1) is 5.92 Å². The highest BCUT2D eigenvalue weighted by Gasteiger charge is 2.22. The second-order valence-electron chi connectivity index (χ2n) is 6.09. The average molecular weight is 265 g/mol. The van der Waals surface area contributed by atoms with E-state index in [2.05, 4.69) is 23.9 Å². The Morgan fingerprint density at radius 1 is 1.21 bits per heavy atom. The molecule has 0 radical (unpaired) electrons. The predicted octanol–water partition coefficient (Wildman–Crippen LogP) is 3.12. The summed E-state index contributed by atoms with van der Waals surface area (Å²) < 4.78 is 1.92. The zero-order valence-corrected chi connectivity index (χ0v) is 12.3. The molecule has 0 aromatic carbocycles. The summed E-state index contributed by atoms with van der Waals surface area (Å²) in [5.74, 6) is 1.36. The summed E-state index contributed by atoms with van der Waals surface area (Å²) in [5.41, 5.74) is 0. The fourth-order valence-corrected chi connectivity index (χ4v) is 3.08. The van der Waals surface area contributed by atoms with Crippen molar-refractivity contribution in [1.29, 1.82) is 0 Å². The van der Waals surface area contributed by atoms with Gasteiger partial charge in [-0.25, -0.2) is 9.67 Å². The zero-order chi connectivity index (χ0) is 13.7. The van der Waals surface area contributed by atoms with Crippen LogP contribution in [0.3, 0.4) is 0 Å². The second-order valence-corrected chi connectivity index (χ2v) is 6.09. The number of aromatic nitrogens is 3. The van der Waals surface area contributed by atoms with Gasteiger partial charge in [0.2, 0.25) is 0 Å². The van der Waals surface area contributed by atoms with Crippen LogP contribution in [0.1, 0.15) is 70.7 Å². The number of rotatable bonds is 4. The predicted molar refractivity (Wildman–Crippen MR) is 75.9 cm³/mol. The Labute approximate surface area is 116 Å². The number of aliphatic hydroxyl groups is 1. The lowest BCUT2D eigenvalue weighted by atomic mass is 9.86. The van der Waals surface area contributed by atoms with Crippen molar-refractivity contribution < 1.29 is 5.11 Å². The highest BCUT2D eigenvalue weighted by molar-refractivity contribution is 4.91. The first-order chi connectivity index (χ1) is 9.18. The molecule has 0 bridgehead atoms. The van der Waals surface area contributed by atoms with Gasteiger partial charge in [0.1, 0.15) is 12.2 Å². The molecule has 1 saturated carbocycles. The molecular formula is C15H27N3O. The molecule has 2 rings (SSSR count). The van der Waals surface area contributed by atoms with Gasteiger partial charge in [0.05, 0.1) is 6.10 Å². The van der Waals surface area contributed by atoms with Crippen molar-refractivity contribution in [1.82, 2.24) is 14.8 Å². The van der Waals surface area contributed by atoms with E-state index >= 15 is 0 Å². The molecule has 0 aliphatic heterocycles. The highest BCUT2D eigenvalue weighted by Crippen LogP contribution is 2.26. The van der Waals surface area contributed by atoms with Crippen molar-refractivity contribution >= 4 is 0 Å². The molecule has 1 unspecified atom stereocenters. The van der Waals surface area contributed by atoms with Gasteiger partial charge in [-0.15, -0.1) is 0 Å². The largest absolute Gasteiger partial charge is 0.392 e. The zero-order valence-electron chi connectivity index (χ0n) is 12.3. The molecule has 0 amide bonds. The normalized spacial score (nSPS) is 20.2. The van der Waals surface area contributed by atoms with Gasteiger partial charge in [0.15, 0.2) is 0 Å². The summed E-state index contributed by atoms with van der Waals surface area (Å²) >= 11 is 0. The number of hydrogen-bond donors (Lipinski definition) is 1. The lowest BCUT2D eigenvalue weighted by molar-refractivity contribution is 0.0881. The molecule has 1 heterocycles. The van der Waals surface area contributed by atoms with Gasteiger partial charge in [-0.1, -0.05) is 32.1 Å². The Morgan fingerprint density at radius 2 is 1.84 bits per heavy atom. The van der Waals surface area contributed by atoms with Crippen LogP contribution in [-0.4, -0.2) is 26.0 Å². The van der Waals surface area contributed by atoms with Crippen molar-refractivity contribution in [2.75, 3.05) is 0 Å². The lowest BCUT2D eigenvalue weighted by Crippen LogP contribution is -2.26. The lowest BCUT2D eigenvalue weighted by Gasteiger charge is -2.25. The first-order valence-corrected chi connectivity index (χ1v) is 7.75. The number of hydrogen-bond acceptors (Lipinski definition) is 3. The van der Waals surface area contributed by atoms with Gasteiger partial charge in [-0.3, -0.25) is 0 Å². The molecule has 19 heavy (non-hydrogen) atoms. The fourth-order valence-electron chi connectivity index (χ4n) is 3.08. The van der Waals surface area contributed by atoms with Crippen LogP contribution in [0.4, 0.5) is 0 Å². The van der Waals surface area contributed by atoms with Gasteiger partial charge in [-0.2, -0.15) is 5.10 Å². The van der Waals surface area contributed by atoms with Crippen molar-refractivity contribution in [3.63, 3.8) is 0 Å². The van der Waals surface area contributed by atoms with Crippen molar-refractivity contribution in [2.45, 2.75) is 77.4 Å². The van der Waals surface area contributed by atoms with Gasteiger partial charge >= 0.3 is 0 Å². The highest BCUT2D eigenvalue weighted by atomic mass is 16.3. The van der Waals surface area contributed by atoms with Crippen LogP contribution in [0.2, 0.25) is 0 Å². The molecule has 108 valence electrons. The summed E-state index contributed by atoms with van der Waals surface area (Å²) in [4.78, 5) is 4.31. The van der Waals surface area contributed by atoms with E-state index in [9.17, 15) is 5.11 Å². The Kier molecular flexibility index (Phi) is 5.37. The summed E-state index contributed by atoms with van der Waals surface area (Å²) in [6.07, 6.45) is 10.8. The van der Waals surface area contributed by atoms with E-state index in [1.807, 2.05) is 4.68 Å². The van der Waals surface area contributed by atoms with Gasteiger partial charge in [0.25, 0.3) is 0 Å². The molecule has 1 aromatic rings. The molecule has 4 heteroatoms. The van der Waals surface area contributed by atoms with Gasteiger partial charge in [-0.05, 0) is 32.6 Å². The van der Waals surface area contributed by atoms with Crippen molar-refractivity contribution in [3.8, 4) is 0 Å². The fraction of sp³-hybridized carbons (Fsp3) is 0.867. The van der Waals surface area contributed by atoms with E-state index in [-0.39, 0.29) is 6.10 Å². The Balaban J connectivity index is 1.94. The second kappa shape index (κ2) is 7.04. The Hall–Kier alpha value is -0.900. The molecule has 1 atom stereocenters. The standard InChI is InChI=1S/C15H27N3O/c1-12(2)18-15(16-11-17-18)10-14(19)13-8-6-4-3-5-7-9-13/h11-14,19H,3-10H2,1-2H3. The van der Waals surface area contributed by atoms with Crippen molar-refractivity contribution in [2.24, 2.45) is 5.92 Å². The van der Waals surface area contributed by atoms with Crippen LogP contribution in [0.15, 0.2) is 6.33 Å². The molecule has 4 nitrogen and oxygen atoms in total. The van der Waals surface area contributed by atoms with E-state index in [1.54, 1.807) is 6.33 Å². The number of nitrogens with zero attached hydrogens (tertiary/aromatic N) is 3. The van der Waals surface area contributed by atoms with Crippen LogP contribution in [-0.2, 0) is 6.42 Å². The average Bonchev–Trinajstić information content (AvgIpc) is 2.76. The van der Waals surface area contributed by atoms with Crippen LogP contribution in [0.25, 0.3) is 0 Å². The van der Waals surface area contributed by atoms with Crippen LogP contribution < -0.4 is 0 Å². The van der Waals surface area contributed by atoms with Gasteiger partial charge in [0, 0.05) is 12.5 Å². The maximum atomic E-state index is 10.5. The molecule has 1 aromatic heterocycles. The molecule has 1 aliphatic carbocycles. The first-order valence-electron chi connectivity index (χ1n) is 7.75. The third kappa shape index (κ3) is 4.03. The summed E-state index contributed by atoms with van der Waals surface area (Å²) in [5, 5.41) is 14.7. The third-order valence-electron chi connectivity index (χ3n) is 4.22. The summed E-state index contributed by atoms with van der Waals surface area (Å²) in [6.45, 7) is 4.20. The minimum atomic E-state index is -0.264. The van der Waals surface area contributed by atoms with E-state index in [0.29, 0.717) is 18.4 Å². The van der Waals surface area contributed by atoms with Gasteiger partial charge < -0.3 is 5.11 Å². The molecular weight excluding hydrogens is 238 g/mol. The van der Waals surface area contributed by atoms with E-state index in [0.717, 1.165) is 18.7 Å². The minimum absolute atomic E-state index is 0.264. The first kappa shape index (κ1) is 14.5. The quantitative estimate of drug-likeness (QED) is 0.910. The Morgan fingerprint density at radius 3 is 2.47 bits per heavy atom. The minimum Gasteiger partial charge on any atom is -0.392 e. The maximum absolute atomic E-state index is 10.5. The molecule has 0 saturated heterocycles. The van der Waals surface area contributed by atoms with E-state index in [1.165, 1.54) is 32.1 Å². The summed E-state index contributed by atoms with van der Waals surface area (Å²) in [6, 6.07) is 0.307. The molecule has 1 fully saturated rings. The SMILES string of the molecule is CC(C)n1ncnc1CC(O)C1CCCCCCC1. The number of aliphatic hydroxyl groups excluding tert-OH is 1. The van der Waals surface area contributed by atoms with E-state index in [4.69, 9.17) is 0 Å². The maximum Gasteiger partial charge on any atom is 0.138 e. The Bertz CT molecular complexity index is 367. The summed E-state index contributed by atoms with van der Waals surface area (Å²) in [7, 11) is 0.